The van der Waals surface area contributed by atoms with Gasteiger partial charge in [0.2, 0.25) is 11.8 Å². The van der Waals surface area contributed by atoms with Crippen molar-refractivity contribution in [1.29, 1.82) is 0 Å². The summed E-state index contributed by atoms with van der Waals surface area (Å²) in [7, 11) is 0. The summed E-state index contributed by atoms with van der Waals surface area (Å²) in [6.45, 7) is 2.76. The van der Waals surface area contributed by atoms with Crippen molar-refractivity contribution in [2.24, 2.45) is 5.92 Å². The minimum Gasteiger partial charge on any atom is -0.354 e. The van der Waals surface area contributed by atoms with Crippen molar-refractivity contribution in [2.75, 3.05) is 26.2 Å². The van der Waals surface area contributed by atoms with Gasteiger partial charge in [0.1, 0.15) is 0 Å². The van der Waals surface area contributed by atoms with Gasteiger partial charge >= 0.3 is 0 Å². The van der Waals surface area contributed by atoms with E-state index in [1.165, 1.54) is 0 Å². The zero-order valence-corrected chi connectivity index (χ0v) is 13.5. The lowest BCUT2D eigenvalue weighted by Gasteiger charge is -2.22. The number of carbonyl (C=O) groups excluding carboxylic acids is 2. The van der Waals surface area contributed by atoms with Crippen molar-refractivity contribution in [2.45, 2.75) is 19.3 Å². The Morgan fingerprint density at radius 2 is 1.91 bits per heavy atom. The van der Waals surface area contributed by atoms with Gasteiger partial charge in [0, 0.05) is 6.54 Å². The molecule has 3 N–H and O–H groups in total. The topological polar surface area (TPSA) is 70.2 Å². The second kappa shape index (κ2) is 10.2. The zero-order chi connectivity index (χ0) is 14.9. The number of halogens is 1. The average Bonchev–Trinajstić information content (AvgIpc) is 2.53. The highest BCUT2D eigenvalue weighted by Crippen LogP contribution is 2.07. The van der Waals surface area contributed by atoms with Gasteiger partial charge in [-0.1, -0.05) is 30.3 Å². The molecule has 1 fully saturated rings. The van der Waals surface area contributed by atoms with E-state index in [1.54, 1.807) is 0 Å². The van der Waals surface area contributed by atoms with Crippen molar-refractivity contribution < 1.29 is 9.59 Å². The Bertz CT molecular complexity index is 462. The molecule has 1 aliphatic heterocycles. The number of piperidine rings is 1. The normalized spacial score (nSPS) is 17.2. The Hall–Kier alpha value is -1.59. The summed E-state index contributed by atoms with van der Waals surface area (Å²) in [6, 6.07) is 9.50. The number of hydrogen-bond donors (Lipinski definition) is 3. The van der Waals surface area contributed by atoms with Gasteiger partial charge in [-0.3, -0.25) is 9.59 Å². The molecule has 0 aromatic heterocycles. The number of nitrogens with one attached hydrogen (secondary N) is 3. The van der Waals surface area contributed by atoms with Gasteiger partial charge in [-0.15, -0.1) is 12.4 Å². The Morgan fingerprint density at radius 3 is 2.59 bits per heavy atom. The first-order chi connectivity index (χ1) is 10.2. The van der Waals surface area contributed by atoms with Crippen LogP contribution in [0.1, 0.15) is 18.4 Å². The average molecular weight is 326 g/mol. The van der Waals surface area contributed by atoms with Gasteiger partial charge in [-0.05, 0) is 37.4 Å². The van der Waals surface area contributed by atoms with E-state index >= 15 is 0 Å². The molecule has 2 amide bonds. The van der Waals surface area contributed by atoms with Crippen LogP contribution < -0.4 is 16.0 Å². The molecule has 0 radical (unpaired) electrons. The smallest absolute Gasteiger partial charge is 0.239 e. The Kier molecular flexibility index (Phi) is 8.55. The number of rotatable bonds is 6. The molecule has 1 heterocycles. The molecule has 122 valence electrons. The monoisotopic (exact) mass is 325 g/mol. The molecule has 1 atom stereocenters. The number of benzene rings is 1. The molecule has 0 bridgehead atoms. The van der Waals surface area contributed by atoms with Crippen molar-refractivity contribution in [3.8, 4) is 0 Å². The summed E-state index contributed by atoms with van der Waals surface area (Å²) >= 11 is 0. The maximum Gasteiger partial charge on any atom is 0.239 e. The molecule has 0 aliphatic carbocycles. The fraction of sp³-hybridized carbons (Fsp3) is 0.500. The highest BCUT2D eigenvalue weighted by molar-refractivity contribution is 5.86. The molecular weight excluding hydrogens is 302 g/mol. The predicted octanol–water partition coefficient (Wildman–Crippen LogP) is 0.883. The van der Waals surface area contributed by atoms with E-state index < -0.39 is 0 Å². The van der Waals surface area contributed by atoms with Crippen LogP contribution in [-0.2, 0) is 16.0 Å². The molecule has 6 heteroatoms. The van der Waals surface area contributed by atoms with Crippen LogP contribution in [0.15, 0.2) is 30.3 Å². The third kappa shape index (κ3) is 6.91. The van der Waals surface area contributed by atoms with Crippen molar-refractivity contribution in [3.05, 3.63) is 35.9 Å². The first kappa shape index (κ1) is 18.5. The van der Waals surface area contributed by atoms with Gasteiger partial charge in [-0.2, -0.15) is 0 Å². The summed E-state index contributed by atoms with van der Waals surface area (Å²) < 4.78 is 0. The zero-order valence-electron chi connectivity index (χ0n) is 12.6. The van der Waals surface area contributed by atoms with Crippen LogP contribution in [0.5, 0.6) is 0 Å². The predicted molar refractivity (Wildman–Crippen MR) is 89.0 cm³/mol. The van der Waals surface area contributed by atoms with Gasteiger partial charge in [0.25, 0.3) is 0 Å². The van der Waals surface area contributed by atoms with E-state index in [1.807, 2.05) is 30.3 Å². The van der Waals surface area contributed by atoms with E-state index in [9.17, 15) is 9.59 Å². The van der Waals surface area contributed by atoms with Gasteiger partial charge in [0.15, 0.2) is 0 Å². The Balaban J connectivity index is 0.00000242. The molecule has 5 nitrogen and oxygen atoms in total. The number of carbonyl (C=O) groups is 2. The molecule has 2 rings (SSSR count). The molecule has 0 saturated carbocycles. The maximum atomic E-state index is 11.7. The lowest BCUT2D eigenvalue weighted by molar-refractivity contribution is -0.125. The molecule has 22 heavy (non-hydrogen) atoms. The molecule has 1 unspecified atom stereocenters. The molecule has 0 spiro atoms. The van der Waals surface area contributed by atoms with Crippen molar-refractivity contribution >= 4 is 24.2 Å². The summed E-state index contributed by atoms with van der Waals surface area (Å²) in [5.41, 5.74) is 0.948. The number of amides is 2. The van der Waals surface area contributed by atoms with E-state index in [0.29, 0.717) is 18.9 Å². The third-order valence-electron chi connectivity index (χ3n) is 3.64. The minimum absolute atomic E-state index is 0. The first-order valence-electron chi connectivity index (χ1n) is 7.52. The summed E-state index contributed by atoms with van der Waals surface area (Å²) in [5, 5.41) is 8.85. The van der Waals surface area contributed by atoms with Crippen molar-refractivity contribution in [1.82, 2.24) is 16.0 Å². The van der Waals surface area contributed by atoms with E-state index in [0.717, 1.165) is 31.5 Å². The Morgan fingerprint density at radius 1 is 1.14 bits per heavy atom. The molecule has 1 aromatic carbocycles. The third-order valence-corrected chi connectivity index (χ3v) is 3.64. The summed E-state index contributed by atoms with van der Waals surface area (Å²) in [6.07, 6.45) is 2.61. The molecule has 1 saturated heterocycles. The first-order valence-corrected chi connectivity index (χ1v) is 7.52. The van der Waals surface area contributed by atoms with Crippen LogP contribution in [0, 0.1) is 5.92 Å². The lowest BCUT2D eigenvalue weighted by atomic mass is 10.00. The van der Waals surface area contributed by atoms with E-state index in [2.05, 4.69) is 16.0 Å². The summed E-state index contributed by atoms with van der Waals surface area (Å²) in [5.74, 6) is 0.250. The van der Waals surface area contributed by atoms with E-state index in [-0.39, 0.29) is 30.8 Å². The van der Waals surface area contributed by atoms with Gasteiger partial charge in [-0.25, -0.2) is 0 Å². The van der Waals surface area contributed by atoms with Crippen LogP contribution in [0.25, 0.3) is 0 Å². The number of hydrogen-bond acceptors (Lipinski definition) is 3. The largest absolute Gasteiger partial charge is 0.354 e. The van der Waals surface area contributed by atoms with Crippen LogP contribution in [0.3, 0.4) is 0 Å². The highest BCUT2D eigenvalue weighted by Gasteiger charge is 2.14. The van der Waals surface area contributed by atoms with Crippen LogP contribution in [-0.4, -0.2) is 38.0 Å². The fourth-order valence-corrected chi connectivity index (χ4v) is 2.44. The van der Waals surface area contributed by atoms with Crippen LogP contribution >= 0.6 is 12.4 Å². The van der Waals surface area contributed by atoms with Crippen LogP contribution in [0.2, 0.25) is 0 Å². The fourth-order valence-electron chi connectivity index (χ4n) is 2.44. The quantitative estimate of drug-likeness (QED) is 0.727. The minimum atomic E-state index is -0.129. The van der Waals surface area contributed by atoms with E-state index in [4.69, 9.17) is 0 Å². The maximum absolute atomic E-state index is 11.7. The van der Waals surface area contributed by atoms with Gasteiger partial charge < -0.3 is 16.0 Å². The highest BCUT2D eigenvalue weighted by atomic mass is 35.5. The summed E-state index contributed by atoms with van der Waals surface area (Å²) in [4.78, 5) is 23.4. The SMILES string of the molecule is Cl.O=C(CNC(=O)Cc1ccccc1)NCC1CCCNC1. The standard InChI is InChI=1S/C16H23N3O2.ClH/c20-15(9-13-5-2-1-3-6-13)19-12-16(21)18-11-14-7-4-8-17-10-14;/h1-3,5-6,14,17H,4,7-12H2,(H,18,21)(H,19,20);1H. The second-order valence-electron chi connectivity index (χ2n) is 5.46. The lowest BCUT2D eigenvalue weighted by Crippen LogP contribution is -2.42. The van der Waals surface area contributed by atoms with Gasteiger partial charge in [0.05, 0.1) is 13.0 Å². The van der Waals surface area contributed by atoms with Crippen molar-refractivity contribution in [3.63, 3.8) is 0 Å². The molecule has 1 aromatic rings. The molecular formula is C16H24ClN3O2. The molecule has 1 aliphatic rings. The Labute approximate surface area is 137 Å². The second-order valence-corrected chi connectivity index (χ2v) is 5.46. The van der Waals surface area contributed by atoms with Crippen LogP contribution in [0.4, 0.5) is 0 Å².